The molecular weight excluding hydrogens is 351 g/mol. The predicted octanol–water partition coefficient (Wildman–Crippen LogP) is 3.24. The number of hydrogen-bond donors (Lipinski definition) is 1. The van der Waals surface area contributed by atoms with Gasteiger partial charge in [-0.25, -0.2) is 4.39 Å². The van der Waals surface area contributed by atoms with Crippen LogP contribution < -0.4 is 10.2 Å². The molecule has 1 aliphatic rings. The van der Waals surface area contributed by atoms with Gasteiger partial charge in [0.1, 0.15) is 5.82 Å². The molecule has 4 nitrogen and oxygen atoms in total. The van der Waals surface area contributed by atoms with Crippen molar-refractivity contribution in [3.8, 4) is 0 Å². The largest absolute Gasteiger partial charge is 0.362 e. The Kier molecular flexibility index (Phi) is 6.07. The Morgan fingerprint density at radius 1 is 1.23 bits per heavy atom. The van der Waals surface area contributed by atoms with Crippen molar-refractivity contribution in [2.75, 3.05) is 23.7 Å². The van der Waals surface area contributed by atoms with Gasteiger partial charge in [0.25, 0.3) is 0 Å². The number of hydrogen-bond acceptors (Lipinski definition) is 4. The van der Waals surface area contributed by atoms with Crippen LogP contribution in [0.15, 0.2) is 54.6 Å². The number of anilines is 1. The fraction of sp³-hybridized carbons (Fsp3) is 0.200. The standard InChI is InChI=1S/C20H19FN2O2S/c21-18-7-2-1-5-16(18)8-9-19(24)22-13-15-4-3-6-17(12-15)23-10-11-26-20(25)14-23/h1-9,12H,10-11,13-14H2,(H,22,24)/b9-8+. The average Bonchev–Trinajstić information content (AvgIpc) is 2.66. The van der Waals surface area contributed by atoms with Crippen molar-refractivity contribution < 1.29 is 14.0 Å². The molecule has 2 aromatic rings. The van der Waals surface area contributed by atoms with E-state index in [-0.39, 0.29) is 16.8 Å². The lowest BCUT2D eigenvalue weighted by Crippen LogP contribution is -2.35. The van der Waals surface area contributed by atoms with Crippen LogP contribution in [0.1, 0.15) is 11.1 Å². The molecule has 3 rings (SSSR count). The Bertz CT molecular complexity index is 838. The monoisotopic (exact) mass is 370 g/mol. The fourth-order valence-electron chi connectivity index (χ4n) is 2.66. The first-order chi connectivity index (χ1) is 12.6. The third kappa shape index (κ3) is 4.95. The normalized spacial score (nSPS) is 14.7. The van der Waals surface area contributed by atoms with Gasteiger partial charge >= 0.3 is 0 Å². The van der Waals surface area contributed by atoms with Crippen molar-refractivity contribution in [1.29, 1.82) is 0 Å². The quantitative estimate of drug-likeness (QED) is 0.821. The minimum absolute atomic E-state index is 0.174. The fourth-order valence-corrected chi connectivity index (χ4v) is 3.44. The lowest BCUT2D eigenvalue weighted by atomic mass is 10.1. The summed E-state index contributed by atoms with van der Waals surface area (Å²) in [5.74, 6) is 0.141. The van der Waals surface area contributed by atoms with Gasteiger partial charge in [0.2, 0.25) is 11.0 Å². The van der Waals surface area contributed by atoms with E-state index < -0.39 is 0 Å². The van der Waals surface area contributed by atoms with E-state index in [1.54, 1.807) is 18.2 Å². The lowest BCUT2D eigenvalue weighted by molar-refractivity contribution is -0.116. The highest BCUT2D eigenvalue weighted by atomic mass is 32.2. The first-order valence-electron chi connectivity index (χ1n) is 8.32. The molecule has 0 atom stereocenters. The Morgan fingerprint density at radius 2 is 2.08 bits per heavy atom. The molecule has 1 N–H and O–H groups in total. The first-order valence-corrected chi connectivity index (χ1v) is 9.30. The van der Waals surface area contributed by atoms with E-state index in [0.29, 0.717) is 18.7 Å². The topological polar surface area (TPSA) is 49.4 Å². The Hall–Kier alpha value is -2.60. The second-order valence-corrected chi connectivity index (χ2v) is 7.04. The molecular formula is C20H19FN2O2S. The molecule has 134 valence electrons. The van der Waals surface area contributed by atoms with Crippen LogP contribution in [-0.4, -0.2) is 29.9 Å². The van der Waals surface area contributed by atoms with Crippen molar-refractivity contribution in [2.45, 2.75) is 6.54 Å². The maximum atomic E-state index is 13.5. The third-order valence-corrected chi connectivity index (χ3v) is 4.84. The number of thioether (sulfide) groups is 1. The zero-order valence-electron chi connectivity index (χ0n) is 14.2. The van der Waals surface area contributed by atoms with Crippen molar-refractivity contribution >= 4 is 34.5 Å². The summed E-state index contributed by atoms with van der Waals surface area (Å²) in [6.07, 6.45) is 2.78. The van der Waals surface area contributed by atoms with E-state index in [2.05, 4.69) is 5.32 Å². The number of rotatable bonds is 5. The minimum Gasteiger partial charge on any atom is -0.362 e. The number of benzene rings is 2. The molecule has 1 fully saturated rings. The molecule has 0 aromatic heterocycles. The number of carbonyl (C=O) groups excluding carboxylic acids is 2. The van der Waals surface area contributed by atoms with Crippen LogP contribution in [0.5, 0.6) is 0 Å². The van der Waals surface area contributed by atoms with Crippen molar-refractivity contribution in [2.24, 2.45) is 0 Å². The molecule has 0 spiro atoms. The maximum absolute atomic E-state index is 13.5. The van der Waals surface area contributed by atoms with Gasteiger partial charge in [-0.3, -0.25) is 9.59 Å². The molecule has 1 heterocycles. The molecule has 0 unspecified atom stereocenters. The van der Waals surface area contributed by atoms with E-state index in [0.717, 1.165) is 23.5 Å². The lowest BCUT2D eigenvalue weighted by Gasteiger charge is -2.27. The average molecular weight is 370 g/mol. The van der Waals surface area contributed by atoms with E-state index in [1.807, 2.05) is 29.2 Å². The molecule has 0 radical (unpaired) electrons. The molecule has 1 saturated heterocycles. The molecule has 0 aliphatic carbocycles. The van der Waals surface area contributed by atoms with Crippen LogP contribution in [0.3, 0.4) is 0 Å². The number of carbonyl (C=O) groups is 2. The van der Waals surface area contributed by atoms with Gasteiger partial charge in [0.05, 0.1) is 6.54 Å². The van der Waals surface area contributed by atoms with Crippen LogP contribution in [-0.2, 0) is 16.1 Å². The summed E-state index contributed by atoms with van der Waals surface area (Å²) in [6, 6.07) is 14.1. The molecule has 2 aromatic carbocycles. The van der Waals surface area contributed by atoms with Gasteiger partial charge in [-0.2, -0.15) is 0 Å². The summed E-state index contributed by atoms with van der Waals surface area (Å²) in [6.45, 7) is 1.61. The molecule has 6 heteroatoms. The molecule has 26 heavy (non-hydrogen) atoms. The Labute approximate surface area is 156 Å². The summed E-state index contributed by atoms with van der Waals surface area (Å²) >= 11 is 1.37. The smallest absolute Gasteiger partial charge is 0.244 e. The molecule has 1 aliphatic heterocycles. The number of nitrogens with one attached hydrogen (secondary N) is 1. The predicted molar refractivity (Wildman–Crippen MR) is 103 cm³/mol. The van der Waals surface area contributed by atoms with Crippen LogP contribution in [0.4, 0.5) is 10.1 Å². The van der Waals surface area contributed by atoms with Gasteiger partial charge in [-0.15, -0.1) is 0 Å². The molecule has 0 bridgehead atoms. The Morgan fingerprint density at radius 3 is 2.88 bits per heavy atom. The third-order valence-electron chi connectivity index (χ3n) is 4.01. The zero-order chi connectivity index (χ0) is 18.4. The minimum atomic E-state index is -0.363. The summed E-state index contributed by atoms with van der Waals surface area (Å²) < 4.78 is 13.5. The zero-order valence-corrected chi connectivity index (χ0v) is 15.0. The van der Waals surface area contributed by atoms with Crippen LogP contribution >= 0.6 is 11.8 Å². The molecule has 0 saturated carbocycles. The Balaban J connectivity index is 1.57. The van der Waals surface area contributed by atoms with Gasteiger partial charge in [-0.1, -0.05) is 42.1 Å². The van der Waals surface area contributed by atoms with Crippen LogP contribution in [0, 0.1) is 5.82 Å². The van der Waals surface area contributed by atoms with Crippen molar-refractivity contribution in [3.63, 3.8) is 0 Å². The number of halogens is 1. The van der Waals surface area contributed by atoms with E-state index in [9.17, 15) is 14.0 Å². The highest BCUT2D eigenvalue weighted by molar-refractivity contribution is 8.13. The van der Waals surface area contributed by atoms with Gasteiger partial charge in [0.15, 0.2) is 0 Å². The van der Waals surface area contributed by atoms with E-state index in [1.165, 1.54) is 30.0 Å². The van der Waals surface area contributed by atoms with Gasteiger partial charge in [0, 0.05) is 36.2 Å². The van der Waals surface area contributed by atoms with Gasteiger partial charge < -0.3 is 10.2 Å². The second-order valence-electron chi connectivity index (χ2n) is 5.88. The maximum Gasteiger partial charge on any atom is 0.244 e. The van der Waals surface area contributed by atoms with E-state index in [4.69, 9.17) is 0 Å². The van der Waals surface area contributed by atoms with Crippen LogP contribution in [0.2, 0.25) is 0 Å². The van der Waals surface area contributed by atoms with Crippen molar-refractivity contribution in [1.82, 2.24) is 5.32 Å². The van der Waals surface area contributed by atoms with E-state index >= 15 is 0 Å². The summed E-state index contributed by atoms with van der Waals surface area (Å²) in [4.78, 5) is 25.6. The summed E-state index contributed by atoms with van der Waals surface area (Å²) in [5, 5.41) is 2.96. The number of nitrogens with zero attached hydrogens (tertiary/aromatic N) is 1. The van der Waals surface area contributed by atoms with Crippen molar-refractivity contribution in [3.05, 3.63) is 71.6 Å². The summed E-state index contributed by atoms with van der Waals surface area (Å²) in [5.41, 5.74) is 2.30. The first kappa shape index (κ1) is 18.2. The summed E-state index contributed by atoms with van der Waals surface area (Å²) in [7, 11) is 0. The van der Waals surface area contributed by atoms with Gasteiger partial charge in [-0.05, 0) is 29.8 Å². The second kappa shape index (κ2) is 8.67. The molecule has 1 amide bonds. The highest BCUT2D eigenvalue weighted by Crippen LogP contribution is 2.21. The SMILES string of the molecule is O=C(/C=C/c1ccccc1F)NCc1cccc(N2CCSC(=O)C2)c1. The number of amides is 1. The highest BCUT2D eigenvalue weighted by Gasteiger charge is 2.17. The van der Waals surface area contributed by atoms with Crippen LogP contribution in [0.25, 0.3) is 6.08 Å².